The van der Waals surface area contributed by atoms with E-state index in [0.717, 1.165) is 12.8 Å². The van der Waals surface area contributed by atoms with Crippen LogP contribution in [0.4, 0.5) is 0 Å². The first-order valence-corrected chi connectivity index (χ1v) is 7.83. The van der Waals surface area contributed by atoms with Gasteiger partial charge in [-0.25, -0.2) is 0 Å². The number of unbranched alkanes of at least 4 members (excludes halogenated alkanes) is 1. The minimum Gasteiger partial charge on any atom is -0.504 e. The Kier molecular flexibility index (Phi) is 7.73. The molecule has 0 fully saturated rings. The molecule has 0 radical (unpaired) electrons. The van der Waals surface area contributed by atoms with Gasteiger partial charge in [0.15, 0.2) is 17.2 Å². The molecule has 0 aliphatic rings. The Morgan fingerprint density at radius 3 is 2.00 bits per heavy atom. The zero-order valence-corrected chi connectivity index (χ0v) is 13.4. The van der Waals surface area contributed by atoms with E-state index in [4.69, 9.17) is 19.2 Å². The van der Waals surface area contributed by atoms with Crippen LogP contribution in [0.5, 0.6) is 23.0 Å². The van der Waals surface area contributed by atoms with E-state index in [0.29, 0.717) is 37.9 Å². The third kappa shape index (κ3) is 6.36. The van der Waals surface area contributed by atoms with Gasteiger partial charge < -0.3 is 24.6 Å². The highest BCUT2D eigenvalue weighted by atomic mass is 17.2. The molecule has 0 atom stereocenters. The molecule has 0 saturated carbocycles. The van der Waals surface area contributed by atoms with Crippen LogP contribution in [0.3, 0.4) is 0 Å². The van der Waals surface area contributed by atoms with Gasteiger partial charge in [-0.3, -0.25) is 0 Å². The molecule has 130 valence electrons. The van der Waals surface area contributed by atoms with Gasteiger partial charge in [0.05, 0.1) is 13.2 Å². The predicted molar refractivity (Wildman–Crippen MR) is 88.3 cm³/mol. The van der Waals surface area contributed by atoms with Crippen LogP contribution in [0.25, 0.3) is 0 Å². The standard InChI is InChI=1S/C18H22O6/c19-15-7-1-3-9-17(15)22-14-13-21-11-5-6-12-23-24-18-10-4-2-8-16(18)20/h1-4,7-10,19-20H,5-6,11-14H2. The third-order valence-corrected chi connectivity index (χ3v) is 3.13. The fourth-order valence-corrected chi connectivity index (χ4v) is 1.89. The molecule has 0 unspecified atom stereocenters. The molecule has 0 aliphatic heterocycles. The third-order valence-electron chi connectivity index (χ3n) is 3.13. The lowest BCUT2D eigenvalue weighted by Gasteiger charge is -2.08. The van der Waals surface area contributed by atoms with Gasteiger partial charge in [-0.05, 0) is 37.1 Å². The van der Waals surface area contributed by atoms with E-state index < -0.39 is 0 Å². The van der Waals surface area contributed by atoms with Crippen LogP contribution in [0.2, 0.25) is 0 Å². The van der Waals surface area contributed by atoms with E-state index in [1.165, 1.54) is 6.07 Å². The number of phenolic OH excluding ortho intramolecular Hbond substituents is 2. The van der Waals surface area contributed by atoms with Crippen molar-refractivity contribution < 1.29 is 29.5 Å². The van der Waals surface area contributed by atoms with Crippen LogP contribution in [-0.4, -0.2) is 36.6 Å². The Morgan fingerprint density at radius 1 is 0.667 bits per heavy atom. The van der Waals surface area contributed by atoms with Crippen molar-refractivity contribution in [2.45, 2.75) is 12.8 Å². The van der Waals surface area contributed by atoms with Gasteiger partial charge in [0, 0.05) is 6.61 Å². The largest absolute Gasteiger partial charge is 0.504 e. The predicted octanol–water partition coefficient (Wildman–Crippen LogP) is 3.28. The van der Waals surface area contributed by atoms with Crippen LogP contribution in [0.15, 0.2) is 48.5 Å². The van der Waals surface area contributed by atoms with Gasteiger partial charge in [0.25, 0.3) is 0 Å². The molecule has 0 saturated heterocycles. The second kappa shape index (κ2) is 10.4. The Morgan fingerprint density at radius 2 is 1.29 bits per heavy atom. The molecule has 0 bridgehead atoms. The molecule has 2 aromatic carbocycles. The van der Waals surface area contributed by atoms with Crippen molar-refractivity contribution in [1.82, 2.24) is 0 Å². The number of ether oxygens (including phenoxy) is 2. The van der Waals surface area contributed by atoms with Gasteiger partial charge >= 0.3 is 0 Å². The molecule has 2 rings (SSSR count). The number of para-hydroxylation sites is 4. The SMILES string of the molecule is Oc1ccccc1OCCOCCCCOOc1ccccc1O. The lowest BCUT2D eigenvalue weighted by atomic mass is 10.3. The summed E-state index contributed by atoms with van der Waals surface area (Å²) < 4.78 is 10.8. The summed E-state index contributed by atoms with van der Waals surface area (Å²) >= 11 is 0. The van der Waals surface area contributed by atoms with Gasteiger partial charge in [0.2, 0.25) is 5.75 Å². The molecule has 0 heterocycles. The Bertz CT molecular complexity index is 548. The molecule has 6 nitrogen and oxygen atoms in total. The second-order valence-electron chi connectivity index (χ2n) is 5.01. The van der Waals surface area contributed by atoms with Crippen LogP contribution in [0.1, 0.15) is 12.8 Å². The smallest absolute Gasteiger partial charge is 0.206 e. The Labute approximate surface area is 141 Å². The first kappa shape index (κ1) is 17.9. The molecule has 0 aromatic heterocycles. The summed E-state index contributed by atoms with van der Waals surface area (Å²) in [6, 6.07) is 13.4. The number of aromatic hydroxyl groups is 2. The van der Waals surface area contributed by atoms with E-state index >= 15 is 0 Å². The van der Waals surface area contributed by atoms with Gasteiger partial charge in [0.1, 0.15) is 6.61 Å². The summed E-state index contributed by atoms with van der Waals surface area (Å²) in [4.78, 5) is 10.0. The Balaban J connectivity index is 1.43. The average molecular weight is 334 g/mol. The number of rotatable bonds is 11. The highest BCUT2D eigenvalue weighted by Crippen LogP contribution is 2.25. The molecular weight excluding hydrogens is 312 g/mol. The summed E-state index contributed by atoms with van der Waals surface area (Å²) in [5.74, 6) is 0.926. The molecule has 24 heavy (non-hydrogen) atoms. The topological polar surface area (TPSA) is 77.4 Å². The molecular formula is C18H22O6. The van der Waals surface area contributed by atoms with Crippen molar-refractivity contribution in [3.8, 4) is 23.0 Å². The van der Waals surface area contributed by atoms with Crippen molar-refractivity contribution >= 4 is 0 Å². The number of phenols is 2. The maximum Gasteiger partial charge on any atom is 0.206 e. The van der Waals surface area contributed by atoms with Crippen molar-refractivity contribution in [2.24, 2.45) is 0 Å². The first-order valence-electron chi connectivity index (χ1n) is 7.83. The van der Waals surface area contributed by atoms with E-state index in [1.54, 1.807) is 42.5 Å². The Hall–Kier alpha value is -2.44. The van der Waals surface area contributed by atoms with E-state index in [1.807, 2.05) is 0 Å². The van der Waals surface area contributed by atoms with Crippen LogP contribution in [-0.2, 0) is 9.62 Å². The number of hydrogen-bond acceptors (Lipinski definition) is 6. The number of benzene rings is 2. The highest BCUT2D eigenvalue weighted by Gasteiger charge is 2.01. The minimum absolute atomic E-state index is 0.0466. The highest BCUT2D eigenvalue weighted by molar-refractivity contribution is 5.38. The zero-order chi connectivity index (χ0) is 17.0. The molecule has 2 N–H and O–H groups in total. The monoisotopic (exact) mass is 334 g/mol. The van der Waals surface area contributed by atoms with E-state index in [9.17, 15) is 10.2 Å². The lowest BCUT2D eigenvalue weighted by Crippen LogP contribution is -2.08. The van der Waals surface area contributed by atoms with Crippen LogP contribution >= 0.6 is 0 Å². The van der Waals surface area contributed by atoms with Crippen molar-refractivity contribution in [3.63, 3.8) is 0 Å². The van der Waals surface area contributed by atoms with Crippen LogP contribution in [0, 0.1) is 0 Å². The normalized spacial score (nSPS) is 10.5. The summed E-state index contributed by atoms with van der Waals surface area (Å²) in [5, 5.41) is 19.0. The van der Waals surface area contributed by atoms with Crippen molar-refractivity contribution in [1.29, 1.82) is 0 Å². The van der Waals surface area contributed by atoms with E-state index in [2.05, 4.69) is 0 Å². The fraction of sp³-hybridized carbons (Fsp3) is 0.333. The summed E-state index contributed by atoms with van der Waals surface area (Å²) in [6.45, 7) is 1.82. The van der Waals surface area contributed by atoms with E-state index in [-0.39, 0.29) is 11.5 Å². The van der Waals surface area contributed by atoms with Crippen LogP contribution < -0.4 is 9.62 Å². The van der Waals surface area contributed by atoms with Gasteiger partial charge in [-0.1, -0.05) is 24.3 Å². The maximum atomic E-state index is 9.53. The van der Waals surface area contributed by atoms with Crippen molar-refractivity contribution in [3.05, 3.63) is 48.5 Å². The molecule has 0 spiro atoms. The molecule has 2 aromatic rings. The summed E-state index contributed by atoms with van der Waals surface area (Å²) in [7, 11) is 0. The fourth-order valence-electron chi connectivity index (χ4n) is 1.89. The molecule has 0 amide bonds. The molecule has 0 aliphatic carbocycles. The number of hydrogen-bond donors (Lipinski definition) is 2. The van der Waals surface area contributed by atoms with Gasteiger partial charge in [-0.2, -0.15) is 4.89 Å². The first-order chi connectivity index (χ1) is 11.8. The maximum absolute atomic E-state index is 9.53. The summed E-state index contributed by atoms with van der Waals surface area (Å²) in [5.41, 5.74) is 0. The molecule has 6 heteroatoms. The quantitative estimate of drug-likeness (QED) is 0.373. The minimum atomic E-state index is 0.0466. The van der Waals surface area contributed by atoms with Crippen molar-refractivity contribution in [2.75, 3.05) is 26.4 Å². The zero-order valence-electron chi connectivity index (χ0n) is 13.4. The van der Waals surface area contributed by atoms with Gasteiger partial charge in [-0.15, -0.1) is 0 Å². The summed E-state index contributed by atoms with van der Waals surface area (Å²) in [6.07, 6.45) is 1.59. The lowest BCUT2D eigenvalue weighted by molar-refractivity contribution is -0.208. The average Bonchev–Trinajstić information content (AvgIpc) is 2.59. The second-order valence-corrected chi connectivity index (χ2v) is 5.01.